The van der Waals surface area contributed by atoms with Gasteiger partial charge in [0.15, 0.2) is 0 Å². The molecule has 0 saturated carbocycles. The zero-order valence-electron chi connectivity index (χ0n) is 10.3. The van der Waals surface area contributed by atoms with Gasteiger partial charge in [-0.25, -0.2) is 0 Å². The fraction of sp³-hybridized carbons (Fsp3) is 0.467. The number of rotatable bonds is 2. The minimum Gasteiger partial charge on any atom is -0.127 e. The van der Waals surface area contributed by atoms with Crippen LogP contribution in [0.2, 0.25) is 0 Å². The number of alkyl halides is 1. The van der Waals surface area contributed by atoms with Gasteiger partial charge in [-0.1, -0.05) is 44.7 Å². The van der Waals surface area contributed by atoms with E-state index >= 15 is 0 Å². The Labute approximate surface area is 104 Å². The summed E-state index contributed by atoms with van der Waals surface area (Å²) in [4.78, 5) is 0. The summed E-state index contributed by atoms with van der Waals surface area (Å²) in [5.74, 6) is 6.97. The summed E-state index contributed by atoms with van der Waals surface area (Å²) in [5, 5.41) is 0. The first kappa shape index (κ1) is 13.1. The highest BCUT2D eigenvalue weighted by molar-refractivity contribution is 6.17. The van der Waals surface area contributed by atoms with Crippen molar-refractivity contribution in [3.63, 3.8) is 0 Å². The Morgan fingerprint density at radius 1 is 1.12 bits per heavy atom. The van der Waals surface area contributed by atoms with E-state index in [0.717, 1.165) is 18.4 Å². The predicted molar refractivity (Wildman–Crippen MR) is 72.0 cm³/mol. The second kappa shape index (κ2) is 5.97. The van der Waals surface area contributed by atoms with Gasteiger partial charge in [-0.15, -0.1) is 11.6 Å². The molecule has 0 radical (unpaired) electrons. The fourth-order valence-corrected chi connectivity index (χ4v) is 1.51. The van der Waals surface area contributed by atoms with Crippen LogP contribution in [0.4, 0.5) is 0 Å². The molecule has 1 heteroatoms. The second-order valence-corrected chi connectivity index (χ2v) is 5.30. The van der Waals surface area contributed by atoms with Gasteiger partial charge >= 0.3 is 0 Å². The largest absolute Gasteiger partial charge is 0.127 e. The van der Waals surface area contributed by atoms with Crippen molar-refractivity contribution < 1.29 is 0 Å². The van der Waals surface area contributed by atoms with Crippen LogP contribution in [0.25, 0.3) is 0 Å². The van der Waals surface area contributed by atoms with Crippen molar-refractivity contribution >= 4 is 11.6 Å². The van der Waals surface area contributed by atoms with Gasteiger partial charge < -0.3 is 0 Å². The van der Waals surface area contributed by atoms with Crippen molar-refractivity contribution in [2.75, 3.05) is 5.88 Å². The summed E-state index contributed by atoms with van der Waals surface area (Å²) in [5.41, 5.74) is 2.64. The van der Waals surface area contributed by atoms with Gasteiger partial charge in [0.25, 0.3) is 0 Å². The number of unbranched alkanes of at least 4 members (excludes halogenated alkanes) is 1. The van der Waals surface area contributed by atoms with Crippen LogP contribution in [0.3, 0.4) is 0 Å². The average molecular weight is 235 g/mol. The number of halogens is 1. The molecule has 0 nitrogen and oxygen atoms in total. The van der Waals surface area contributed by atoms with Crippen LogP contribution in [0.1, 0.15) is 44.7 Å². The van der Waals surface area contributed by atoms with Crippen LogP contribution >= 0.6 is 11.6 Å². The van der Waals surface area contributed by atoms with Crippen molar-refractivity contribution in [1.29, 1.82) is 0 Å². The highest BCUT2D eigenvalue weighted by Crippen LogP contribution is 2.21. The van der Waals surface area contributed by atoms with E-state index in [0.29, 0.717) is 5.88 Å². The Balaban J connectivity index is 2.67. The van der Waals surface area contributed by atoms with Gasteiger partial charge in [0.2, 0.25) is 0 Å². The topological polar surface area (TPSA) is 0 Å². The molecule has 0 aliphatic heterocycles. The zero-order valence-corrected chi connectivity index (χ0v) is 11.1. The van der Waals surface area contributed by atoms with Crippen LogP contribution in [-0.2, 0) is 5.41 Å². The molecule has 86 valence electrons. The van der Waals surface area contributed by atoms with Crippen molar-refractivity contribution in [3.05, 3.63) is 35.4 Å². The monoisotopic (exact) mass is 234 g/mol. The Kier molecular flexibility index (Phi) is 4.90. The smallest absolute Gasteiger partial charge is 0.0245 e. The minimum absolute atomic E-state index is 0.213. The Bertz CT molecular complexity index is 371. The third-order valence-electron chi connectivity index (χ3n) is 2.42. The normalized spacial score (nSPS) is 10.8. The molecular weight excluding hydrogens is 216 g/mol. The molecule has 1 rings (SSSR count). The number of hydrogen-bond donors (Lipinski definition) is 0. The van der Waals surface area contributed by atoms with Crippen LogP contribution in [0, 0.1) is 11.8 Å². The van der Waals surface area contributed by atoms with E-state index in [-0.39, 0.29) is 5.41 Å². The van der Waals surface area contributed by atoms with Gasteiger partial charge in [-0.2, -0.15) is 0 Å². The van der Waals surface area contributed by atoms with E-state index in [1.54, 1.807) is 0 Å². The van der Waals surface area contributed by atoms with Crippen LogP contribution in [0.5, 0.6) is 0 Å². The van der Waals surface area contributed by atoms with E-state index < -0.39 is 0 Å². The lowest BCUT2D eigenvalue weighted by atomic mass is 9.87. The van der Waals surface area contributed by atoms with Gasteiger partial charge in [0, 0.05) is 17.9 Å². The lowest BCUT2D eigenvalue weighted by molar-refractivity contribution is 0.590. The van der Waals surface area contributed by atoms with Crippen molar-refractivity contribution in [3.8, 4) is 11.8 Å². The van der Waals surface area contributed by atoms with Gasteiger partial charge in [-0.3, -0.25) is 0 Å². The van der Waals surface area contributed by atoms with Gasteiger partial charge in [0.1, 0.15) is 0 Å². The molecule has 0 fully saturated rings. The molecule has 16 heavy (non-hydrogen) atoms. The highest BCUT2D eigenvalue weighted by atomic mass is 35.5. The minimum atomic E-state index is 0.213. The van der Waals surface area contributed by atoms with Crippen LogP contribution in [-0.4, -0.2) is 5.88 Å². The van der Waals surface area contributed by atoms with Crippen LogP contribution in [0.15, 0.2) is 24.3 Å². The third-order valence-corrected chi connectivity index (χ3v) is 2.69. The lowest BCUT2D eigenvalue weighted by Crippen LogP contribution is -2.10. The van der Waals surface area contributed by atoms with Crippen molar-refractivity contribution in [1.82, 2.24) is 0 Å². The highest BCUT2D eigenvalue weighted by Gasteiger charge is 2.12. The summed E-state index contributed by atoms with van der Waals surface area (Å²) in [7, 11) is 0. The second-order valence-electron chi connectivity index (χ2n) is 4.92. The van der Waals surface area contributed by atoms with Crippen molar-refractivity contribution in [2.24, 2.45) is 0 Å². The molecule has 0 saturated heterocycles. The predicted octanol–water partition coefficient (Wildman–Crippen LogP) is 4.35. The van der Waals surface area contributed by atoms with E-state index in [4.69, 9.17) is 11.6 Å². The van der Waals surface area contributed by atoms with E-state index in [1.165, 1.54) is 5.56 Å². The van der Waals surface area contributed by atoms with E-state index in [9.17, 15) is 0 Å². The summed E-state index contributed by atoms with van der Waals surface area (Å²) in [6, 6.07) is 8.50. The molecule has 0 bridgehead atoms. The van der Waals surface area contributed by atoms with E-state index in [1.807, 2.05) is 0 Å². The molecule has 0 spiro atoms. The summed E-state index contributed by atoms with van der Waals surface area (Å²) >= 11 is 5.59. The van der Waals surface area contributed by atoms with Gasteiger partial charge in [0.05, 0.1) is 0 Å². The van der Waals surface area contributed by atoms with Crippen molar-refractivity contribution in [2.45, 2.75) is 39.0 Å². The molecule has 0 atom stereocenters. The SMILES string of the molecule is CC(C)(C)c1ccc(C#CCCCCl)cc1. The molecule has 1 aromatic rings. The third kappa shape index (κ3) is 4.29. The summed E-state index contributed by atoms with van der Waals surface area (Å²) in [6.07, 6.45) is 1.85. The molecule has 0 aromatic heterocycles. The quantitative estimate of drug-likeness (QED) is 0.405. The molecular formula is C15H19Cl. The maximum absolute atomic E-state index is 5.59. The molecule has 0 aliphatic rings. The Morgan fingerprint density at radius 3 is 2.25 bits per heavy atom. The first-order valence-electron chi connectivity index (χ1n) is 5.69. The molecule has 0 heterocycles. The summed E-state index contributed by atoms with van der Waals surface area (Å²) < 4.78 is 0. The molecule has 1 aromatic carbocycles. The fourth-order valence-electron chi connectivity index (χ4n) is 1.37. The van der Waals surface area contributed by atoms with Gasteiger partial charge in [-0.05, 0) is 29.5 Å². The van der Waals surface area contributed by atoms with Crippen LogP contribution < -0.4 is 0 Å². The zero-order chi connectivity index (χ0) is 12.0. The number of hydrogen-bond acceptors (Lipinski definition) is 0. The maximum Gasteiger partial charge on any atom is 0.0245 e. The molecule has 0 unspecified atom stereocenters. The Hall–Kier alpha value is -0.930. The lowest BCUT2D eigenvalue weighted by Gasteiger charge is -2.18. The maximum atomic E-state index is 5.59. The Morgan fingerprint density at radius 2 is 1.75 bits per heavy atom. The molecule has 0 aliphatic carbocycles. The average Bonchev–Trinajstić information content (AvgIpc) is 2.24. The first-order valence-corrected chi connectivity index (χ1v) is 6.23. The summed E-state index contributed by atoms with van der Waals surface area (Å²) in [6.45, 7) is 6.65. The molecule has 0 N–H and O–H groups in total. The first-order chi connectivity index (χ1) is 7.54. The standard InChI is InChI=1S/C15H19Cl/c1-15(2,3)14-10-8-13(9-11-14)7-5-4-6-12-16/h8-11H,4,6,12H2,1-3H3. The molecule has 0 amide bonds. The number of benzene rings is 1. The van der Waals surface area contributed by atoms with E-state index in [2.05, 4.69) is 56.9 Å².